The van der Waals surface area contributed by atoms with E-state index in [9.17, 15) is 4.79 Å². The number of halogens is 2. The summed E-state index contributed by atoms with van der Waals surface area (Å²) in [5.41, 5.74) is 1.84. The molecule has 0 saturated carbocycles. The Hall–Kier alpha value is -1.87. The van der Waals surface area contributed by atoms with Gasteiger partial charge in [-0.3, -0.25) is 4.79 Å². The van der Waals surface area contributed by atoms with Crippen molar-refractivity contribution < 1.29 is 4.79 Å². The van der Waals surface area contributed by atoms with E-state index >= 15 is 0 Å². The van der Waals surface area contributed by atoms with E-state index in [2.05, 4.69) is 25.8 Å². The Morgan fingerprint density at radius 1 is 1.23 bits per heavy atom. The standard InChI is InChI=1S/C16H13Cl2N5OS2/c1-9-2-4-11(6-12(9)18)20-15-22-23-16(26-15)25-8-14(24)21-13-5-3-10(17)7-19-13/h2-7H,8H2,1H3,(H,20,22)(H,19,21,24). The van der Waals surface area contributed by atoms with E-state index in [-0.39, 0.29) is 11.7 Å². The van der Waals surface area contributed by atoms with Gasteiger partial charge in [0.2, 0.25) is 11.0 Å². The van der Waals surface area contributed by atoms with Gasteiger partial charge in [0.15, 0.2) is 4.34 Å². The first-order chi connectivity index (χ1) is 12.5. The Kier molecular flexibility index (Phi) is 6.31. The lowest BCUT2D eigenvalue weighted by Crippen LogP contribution is -2.14. The first-order valence-corrected chi connectivity index (χ1v) is 9.96. The number of aryl methyl sites for hydroxylation is 1. The molecule has 26 heavy (non-hydrogen) atoms. The minimum atomic E-state index is -0.181. The molecule has 0 radical (unpaired) electrons. The molecule has 2 N–H and O–H groups in total. The highest BCUT2D eigenvalue weighted by molar-refractivity contribution is 8.01. The molecule has 0 bridgehead atoms. The predicted octanol–water partition coefficient (Wildman–Crippen LogP) is 5.02. The van der Waals surface area contributed by atoms with Gasteiger partial charge < -0.3 is 10.6 Å². The average Bonchev–Trinajstić information content (AvgIpc) is 3.06. The van der Waals surface area contributed by atoms with Crippen molar-refractivity contribution in [3.05, 3.63) is 52.1 Å². The number of nitrogens with one attached hydrogen (secondary N) is 2. The van der Waals surface area contributed by atoms with Gasteiger partial charge in [-0.1, -0.05) is 52.4 Å². The fourth-order valence-corrected chi connectivity index (χ4v) is 3.73. The molecule has 0 spiro atoms. The summed E-state index contributed by atoms with van der Waals surface area (Å²) in [5, 5.41) is 15.8. The van der Waals surface area contributed by atoms with Gasteiger partial charge in [-0.05, 0) is 36.8 Å². The van der Waals surface area contributed by atoms with Crippen molar-refractivity contribution in [2.75, 3.05) is 16.4 Å². The number of benzene rings is 1. The van der Waals surface area contributed by atoms with Crippen LogP contribution in [0.3, 0.4) is 0 Å². The van der Waals surface area contributed by atoms with Crippen molar-refractivity contribution in [3.63, 3.8) is 0 Å². The van der Waals surface area contributed by atoms with E-state index in [1.165, 1.54) is 29.3 Å². The van der Waals surface area contributed by atoms with Crippen LogP contribution in [0.4, 0.5) is 16.6 Å². The number of amides is 1. The number of anilines is 3. The maximum atomic E-state index is 12.0. The van der Waals surface area contributed by atoms with E-state index in [0.29, 0.717) is 25.3 Å². The normalized spacial score (nSPS) is 10.6. The van der Waals surface area contributed by atoms with Crippen LogP contribution in [-0.4, -0.2) is 26.8 Å². The van der Waals surface area contributed by atoms with Gasteiger partial charge in [0.05, 0.1) is 10.8 Å². The second kappa shape index (κ2) is 8.68. The Balaban J connectivity index is 1.52. The van der Waals surface area contributed by atoms with Gasteiger partial charge in [0, 0.05) is 16.9 Å². The van der Waals surface area contributed by atoms with Gasteiger partial charge in [-0.2, -0.15) is 0 Å². The van der Waals surface area contributed by atoms with Crippen LogP contribution in [0.2, 0.25) is 10.0 Å². The molecular weight excluding hydrogens is 413 g/mol. The Labute approximate surface area is 168 Å². The largest absolute Gasteiger partial charge is 0.330 e. The topological polar surface area (TPSA) is 79.8 Å². The van der Waals surface area contributed by atoms with Crippen LogP contribution in [0.1, 0.15) is 5.56 Å². The second-order valence-corrected chi connectivity index (χ2v) is 8.20. The molecule has 1 aromatic carbocycles. The third kappa shape index (κ3) is 5.31. The van der Waals surface area contributed by atoms with Crippen LogP contribution >= 0.6 is 46.3 Å². The van der Waals surface area contributed by atoms with Crippen LogP contribution in [0.25, 0.3) is 0 Å². The number of pyridine rings is 1. The molecule has 0 unspecified atom stereocenters. The first-order valence-electron chi connectivity index (χ1n) is 7.40. The van der Waals surface area contributed by atoms with E-state index in [1.54, 1.807) is 12.1 Å². The Bertz CT molecular complexity index is 917. The zero-order valence-corrected chi connectivity index (χ0v) is 16.6. The Morgan fingerprint density at radius 3 is 2.81 bits per heavy atom. The van der Waals surface area contributed by atoms with E-state index < -0.39 is 0 Å². The predicted molar refractivity (Wildman–Crippen MR) is 108 cm³/mol. The molecule has 0 aliphatic carbocycles. The van der Waals surface area contributed by atoms with Gasteiger partial charge in [-0.25, -0.2) is 4.98 Å². The van der Waals surface area contributed by atoms with Gasteiger partial charge >= 0.3 is 0 Å². The summed E-state index contributed by atoms with van der Waals surface area (Å²) in [4.78, 5) is 16.0. The lowest BCUT2D eigenvalue weighted by Gasteiger charge is -2.04. The molecule has 0 aliphatic rings. The van der Waals surface area contributed by atoms with Crippen LogP contribution in [0.5, 0.6) is 0 Å². The number of hydrogen-bond acceptors (Lipinski definition) is 7. The molecular formula is C16H13Cl2N5OS2. The molecule has 3 rings (SSSR count). The third-order valence-electron chi connectivity index (χ3n) is 3.15. The van der Waals surface area contributed by atoms with Crippen molar-refractivity contribution in [3.8, 4) is 0 Å². The molecule has 10 heteroatoms. The summed E-state index contributed by atoms with van der Waals surface area (Å²) in [6.07, 6.45) is 1.48. The maximum absolute atomic E-state index is 12.0. The van der Waals surface area contributed by atoms with Crippen molar-refractivity contribution in [2.24, 2.45) is 0 Å². The maximum Gasteiger partial charge on any atom is 0.235 e. The van der Waals surface area contributed by atoms with E-state index in [4.69, 9.17) is 23.2 Å². The number of nitrogens with zero attached hydrogens (tertiary/aromatic N) is 3. The first kappa shape index (κ1) is 18.9. The number of rotatable bonds is 6. The zero-order chi connectivity index (χ0) is 18.5. The molecule has 0 aliphatic heterocycles. The van der Waals surface area contributed by atoms with Crippen LogP contribution in [-0.2, 0) is 4.79 Å². The van der Waals surface area contributed by atoms with Gasteiger partial charge in [0.1, 0.15) is 5.82 Å². The lowest BCUT2D eigenvalue weighted by atomic mass is 10.2. The van der Waals surface area contributed by atoms with E-state index in [1.807, 2.05) is 25.1 Å². The molecule has 134 valence electrons. The summed E-state index contributed by atoms with van der Waals surface area (Å²) < 4.78 is 0.685. The summed E-state index contributed by atoms with van der Waals surface area (Å²) >= 11 is 14.5. The molecule has 0 fully saturated rings. The lowest BCUT2D eigenvalue weighted by molar-refractivity contribution is -0.113. The minimum Gasteiger partial charge on any atom is -0.330 e. The fourth-order valence-electron chi connectivity index (χ4n) is 1.87. The molecule has 2 aromatic heterocycles. The monoisotopic (exact) mass is 425 g/mol. The van der Waals surface area contributed by atoms with Gasteiger partial charge in [-0.15, -0.1) is 10.2 Å². The molecule has 3 aromatic rings. The second-order valence-electron chi connectivity index (χ2n) is 5.16. The molecule has 2 heterocycles. The van der Waals surface area contributed by atoms with Gasteiger partial charge in [0.25, 0.3) is 0 Å². The molecule has 1 amide bonds. The highest BCUT2D eigenvalue weighted by Crippen LogP contribution is 2.29. The van der Waals surface area contributed by atoms with Crippen molar-refractivity contribution in [1.82, 2.24) is 15.2 Å². The SMILES string of the molecule is Cc1ccc(Nc2nnc(SCC(=O)Nc3ccc(Cl)cn3)s2)cc1Cl. The van der Waals surface area contributed by atoms with Crippen molar-refractivity contribution >= 4 is 68.8 Å². The highest BCUT2D eigenvalue weighted by Gasteiger charge is 2.09. The average molecular weight is 426 g/mol. The number of carbonyl (C=O) groups is 1. The number of thioether (sulfide) groups is 1. The van der Waals surface area contributed by atoms with E-state index in [0.717, 1.165) is 11.3 Å². The molecule has 0 saturated heterocycles. The quantitative estimate of drug-likeness (QED) is 0.539. The third-order valence-corrected chi connectivity index (χ3v) is 5.75. The van der Waals surface area contributed by atoms with Crippen molar-refractivity contribution in [2.45, 2.75) is 11.3 Å². The number of carbonyl (C=O) groups excluding carboxylic acids is 1. The fraction of sp³-hybridized carbons (Fsp3) is 0.125. The summed E-state index contributed by atoms with van der Waals surface area (Å²) in [6.45, 7) is 1.94. The molecule has 6 nitrogen and oxygen atoms in total. The Morgan fingerprint density at radius 2 is 2.08 bits per heavy atom. The summed E-state index contributed by atoms with van der Waals surface area (Å²) in [7, 11) is 0. The molecule has 0 atom stereocenters. The van der Waals surface area contributed by atoms with Crippen LogP contribution in [0.15, 0.2) is 40.9 Å². The minimum absolute atomic E-state index is 0.181. The number of hydrogen-bond donors (Lipinski definition) is 2. The zero-order valence-electron chi connectivity index (χ0n) is 13.5. The summed E-state index contributed by atoms with van der Waals surface area (Å²) in [6, 6.07) is 8.98. The smallest absolute Gasteiger partial charge is 0.235 e. The highest BCUT2D eigenvalue weighted by atomic mass is 35.5. The summed E-state index contributed by atoms with van der Waals surface area (Å²) in [5.74, 6) is 0.477. The van der Waals surface area contributed by atoms with Crippen LogP contribution in [0, 0.1) is 6.92 Å². The van der Waals surface area contributed by atoms with Crippen LogP contribution < -0.4 is 10.6 Å². The number of aromatic nitrogens is 3. The van der Waals surface area contributed by atoms with Crippen molar-refractivity contribution in [1.29, 1.82) is 0 Å².